The van der Waals surface area contributed by atoms with Gasteiger partial charge in [0.25, 0.3) is 0 Å². The van der Waals surface area contributed by atoms with Crippen LogP contribution in [0.1, 0.15) is 20.8 Å². The second-order valence-corrected chi connectivity index (χ2v) is 5.83. The first-order valence-corrected chi connectivity index (χ1v) is 6.95. The van der Waals surface area contributed by atoms with Gasteiger partial charge in [-0.15, -0.1) is 0 Å². The Morgan fingerprint density at radius 2 is 1.96 bits per heavy atom. The number of rotatable bonds is 5. The average Bonchev–Trinajstić information content (AvgIpc) is 2.37. The molecule has 0 saturated carbocycles. The van der Waals surface area contributed by atoms with Crippen LogP contribution in [0.2, 0.25) is 5.02 Å². The van der Waals surface area contributed by atoms with Crippen molar-refractivity contribution in [3.63, 3.8) is 0 Å². The molecule has 0 heterocycles. The Labute approximate surface area is 137 Å². The van der Waals surface area contributed by atoms with Crippen LogP contribution >= 0.6 is 11.6 Å². The minimum atomic E-state index is -2.99. The molecular weight excluding hydrogens is 334 g/mol. The van der Waals surface area contributed by atoms with Crippen LogP contribution in [0, 0.1) is 0 Å². The molecule has 0 aliphatic rings. The minimum absolute atomic E-state index is 0.0804. The molecule has 1 aromatic rings. The van der Waals surface area contributed by atoms with Crippen LogP contribution in [-0.4, -0.2) is 30.8 Å². The summed E-state index contributed by atoms with van der Waals surface area (Å²) < 4.78 is 33.4. The quantitative estimate of drug-likeness (QED) is 0.853. The summed E-state index contributed by atoms with van der Waals surface area (Å²) in [6.07, 6.45) is -0.730. The Morgan fingerprint density at radius 3 is 2.48 bits per heavy atom. The molecule has 0 unspecified atom stereocenters. The van der Waals surface area contributed by atoms with E-state index in [9.17, 15) is 18.4 Å². The van der Waals surface area contributed by atoms with E-state index in [0.717, 1.165) is 0 Å². The molecule has 0 aromatic heterocycles. The van der Waals surface area contributed by atoms with Crippen LogP contribution in [0.15, 0.2) is 18.2 Å². The number of ether oxygens (including phenoxy) is 2. The highest BCUT2D eigenvalue weighted by molar-refractivity contribution is 6.32. The number of carbonyl (C=O) groups excluding carboxylic acids is 2. The molecule has 6 nitrogen and oxygen atoms in total. The number of benzene rings is 1. The number of alkyl halides is 2. The Hall–Kier alpha value is -2.09. The van der Waals surface area contributed by atoms with Crippen LogP contribution in [0.5, 0.6) is 5.75 Å². The van der Waals surface area contributed by atoms with E-state index in [2.05, 4.69) is 15.4 Å². The van der Waals surface area contributed by atoms with Crippen molar-refractivity contribution in [2.75, 3.05) is 11.9 Å². The van der Waals surface area contributed by atoms with Gasteiger partial charge in [-0.1, -0.05) is 11.6 Å². The van der Waals surface area contributed by atoms with E-state index in [1.807, 2.05) is 0 Å². The molecule has 0 fully saturated rings. The van der Waals surface area contributed by atoms with Crippen molar-refractivity contribution < 1.29 is 27.8 Å². The van der Waals surface area contributed by atoms with Crippen molar-refractivity contribution in [1.29, 1.82) is 0 Å². The summed E-state index contributed by atoms with van der Waals surface area (Å²) in [4.78, 5) is 23.1. The first kappa shape index (κ1) is 19.0. The van der Waals surface area contributed by atoms with Crippen molar-refractivity contribution in [3.8, 4) is 5.75 Å². The van der Waals surface area contributed by atoms with Crippen LogP contribution < -0.4 is 15.4 Å². The van der Waals surface area contributed by atoms with Gasteiger partial charge < -0.3 is 20.1 Å². The Bertz CT molecular complexity index is 576. The Morgan fingerprint density at radius 1 is 1.30 bits per heavy atom. The van der Waals surface area contributed by atoms with E-state index in [4.69, 9.17) is 16.3 Å². The summed E-state index contributed by atoms with van der Waals surface area (Å²) in [5.41, 5.74) is -0.401. The molecule has 0 saturated heterocycles. The summed E-state index contributed by atoms with van der Waals surface area (Å²) in [6, 6.07) is 3.80. The number of alkyl carbamates (subject to hydrolysis) is 1. The van der Waals surface area contributed by atoms with Gasteiger partial charge in [0.15, 0.2) is 0 Å². The number of hydrogen-bond donors (Lipinski definition) is 2. The smallest absolute Gasteiger partial charge is 0.408 e. The maximum atomic E-state index is 12.1. The molecule has 23 heavy (non-hydrogen) atoms. The molecular formula is C14H17ClF2N2O4. The monoisotopic (exact) mass is 350 g/mol. The van der Waals surface area contributed by atoms with Gasteiger partial charge in [-0.3, -0.25) is 4.79 Å². The first-order valence-electron chi connectivity index (χ1n) is 6.58. The van der Waals surface area contributed by atoms with Gasteiger partial charge in [-0.25, -0.2) is 4.79 Å². The fraction of sp³-hybridized carbons (Fsp3) is 0.429. The van der Waals surface area contributed by atoms with E-state index >= 15 is 0 Å². The third-order valence-electron chi connectivity index (χ3n) is 2.22. The zero-order valence-corrected chi connectivity index (χ0v) is 13.5. The molecule has 0 spiro atoms. The van der Waals surface area contributed by atoms with E-state index < -0.39 is 24.2 Å². The van der Waals surface area contributed by atoms with Gasteiger partial charge >= 0.3 is 12.7 Å². The molecule has 128 valence electrons. The number of anilines is 1. The number of hydrogen-bond acceptors (Lipinski definition) is 4. The topological polar surface area (TPSA) is 76.7 Å². The Kier molecular flexibility index (Phi) is 6.56. The first-order chi connectivity index (χ1) is 10.6. The SMILES string of the molecule is CC(C)(C)OC(=O)NCC(=O)Nc1ccc(OC(F)F)c(Cl)c1. The fourth-order valence-corrected chi connectivity index (χ4v) is 1.67. The second-order valence-electron chi connectivity index (χ2n) is 5.43. The number of halogens is 3. The van der Waals surface area contributed by atoms with Crippen LogP contribution in [0.4, 0.5) is 19.3 Å². The fourth-order valence-electron chi connectivity index (χ4n) is 1.44. The maximum absolute atomic E-state index is 12.1. The lowest BCUT2D eigenvalue weighted by molar-refractivity contribution is -0.115. The maximum Gasteiger partial charge on any atom is 0.408 e. The lowest BCUT2D eigenvalue weighted by Crippen LogP contribution is -2.37. The van der Waals surface area contributed by atoms with Crippen molar-refractivity contribution in [2.24, 2.45) is 0 Å². The molecule has 2 N–H and O–H groups in total. The van der Waals surface area contributed by atoms with E-state index in [1.54, 1.807) is 20.8 Å². The predicted octanol–water partition coefficient (Wildman–Crippen LogP) is 3.40. The van der Waals surface area contributed by atoms with Crippen LogP contribution in [0.25, 0.3) is 0 Å². The molecule has 1 rings (SSSR count). The highest BCUT2D eigenvalue weighted by Gasteiger charge is 2.17. The van der Waals surface area contributed by atoms with E-state index in [-0.39, 0.29) is 23.0 Å². The molecule has 0 atom stereocenters. The summed E-state index contributed by atoms with van der Waals surface area (Å²) in [6.45, 7) is 1.76. The zero-order valence-electron chi connectivity index (χ0n) is 12.8. The normalized spacial score (nSPS) is 11.1. The van der Waals surface area contributed by atoms with Crippen molar-refractivity contribution in [3.05, 3.63) is 23.2 Å². The molecule has 9 heteroatoms. The van der Waals surface area contributed by atoms with Gasteiger partial charge in [0, 0.05) is 5.69 Å². The van der Waals surface area contributed by atoms with Crippen molar-refractivity contribution in [1.82, 2.24) is 5.32 Å². The summed E-state index contributed by atoms with van der Waals surface area (Å²) in [5, 5.41) is 4.65. The summed E-state index contributed by atoms with van der Waals surface area (Å²) >= 11 is 5.76. The van der Waals surface area contributed by atoms with E-state index in [0.29, 0.717) is 0 Å². The van der Waals surface area contributed by atoms with Crippen molar-refractivity contribution in [2.45, 2.75) is 33.0 Å². The number of carbonyl (C=O) groups is 2. The summed E-state index contributed by atoms with van der Waals surface area (Å²) in [5.74, 6) is -0.735. The molecule has 2 amide bonds. The van der Waals surface area contributed by atoms with Crippen molar-refractivity contribution >= 4 is 29.3 Å². The van der Waals surface area contributed by atoms with E-state index in [1.165, 1.54) is 18.2 Å². The highest BCUT2D eigenvalue weighted by Crippen LogP contribution is 2.28. The predicted molar refractivity (Wildman–Crippen MR) is 81.0 cm³/mol. The Balaban J connectivity index is 2.51. The van der Waals surface area contributed by atoms with Gasteiger partial charge in [0.2, 0.25) is 5.91 Å². The molecule has 0 aliphatic carbocycles. The van der Waals surface area contributed by atoms with Gasteiger partial charge in [0.1, 0.15) is 17.9 Å². The van der Waals surface area contributed by atoms with Gasteiger partial charge in [-0.05, 0) is 39.0 Å². The number of amides is 2. The molecule has 0 aliphatic heterocycles. The van der Waals surface area contributed by atoms with Crippen LogP contribution in [-0.2, 0) is 9.53 Å². The minimum Gasteiger partial charge on any atom is -0.444 e. The molecule has 0 bridgehead atoms. The second kappa shape index (κ2) is 7.96. The number of nitrogens with one attached hydrogen (secondary N) is 2. The lowest BCUT2D eigenvalue weighted by atomic mass is 10.2. The lowest BCUT2D eigenvalue weighted by Gasteiger charge is -2.19. The largest absolute Gasteiger partial charge is 0.444 e. The molecule has 0 radical (unpaired) electrons. The average molecular weight is 351 g/mol. The summed E-state index contributed by atoms with van der Waals surface area (Å²) in [7, 11) is 0. The van der Waals surface area contributed by atoms with Crippen LogP contribution in [0.3, 0.4) is 0 Å². The highest BCUT2D eigenvalue weighted by atomic mass is 35.5. The standard InChI is InChI=1S/C14H17ClF2N2O4/c1-14(2,3)23-13(21)18-7-11(20)19-8-4-5-10(9(15)6-8)22-12(16)17/h4-6,12H,7H2,1-3H3,(H,18,21)(H,19,20). The third kappa shape index (κ3) is 7.64. The third-order valence-corrected chi connectivity index (χ3v) is 2.52. The van der Waals surface area contributed by atoms with Gasteiger partial charge in [0.05, 0.1) is 5.02 Å². The zero-order chi connectivity index (χ0) is 17.6. The molecule has 1 aromatic carbocycles. The van der Waals surface area contributed by atoms with Gasteiger partial charge in [-0.2, -0.15) is 8.78 Å².